The lowest BCUT2D eigenvalue weighted by atomic mass is 9.79. The number of para-hydroxylation sites is 3. The number of nitrogens with zero attached hydrogens (tertiary/aromatic N) is 4. The van der Waals surface area contributed by atoms with E-state index in [4.69, 9.17) is 9.97 Å². The van der Waals surface area contributed by atoms with Gasteiger partial charge in [0.1, 0.15) is 17.4 Å². The zero-order valence-electron chi connectivity index (χ0n) is 54.1. The number of phenolic OH excluding ortho intramolecular Hbond substituents is 1. The van der Waals surface area contributed by atoms with E-state index in [9.17, 15) is 5.11 Å². The summed E-state index contributed by atoms with van der Waals surface area (Å²) in [5.74, 6) is 1.74. The first-order valence-corrected chi connectivity index (χ1v) is 33.7. The number of rotatable bonds is 11. The number of aromatic nitrogens is 4. The van der Waals surface area contributed by atoms with Gasteiger partial charge in [0.2, 0.25) is 0 Å². The van der Waals surface area contributed by atoms with E-state index in [0.29, 0.717) is 11.4 Å². The molecule has 0 aliphatic carbocycles. The van der Waals surface area contributed by atoms with Crippen molar-refractivity contribution in [1.29, 1.82) is 0 Å². The maximum Gasteiger partial charge on any atom is 0.179 e. The van der Waals surface area contributed by atoms with E-state index in [-0.39, 0.29) is 27.4 Å². The Morgan fingerprint density at radius 2 is 0.744 bits per heavy atom. The smallest absolute Gasteiger partial charge is 0.179 e. The number of imidazole rings is 2. The zero-order chi connectivity index (χ0) is 62.9. The van der Waals surface area contributed by atoms with Crippen molar-refractivity contribution in [1.82, 2.24) is 19.1 Å². The van der Waals surface area contributed by atoms with Crippen molar-refractivity contribution in [2.24, 2.45) is 0 Å². The quantitative estimate of drug-likeness (QED) is 0.104. The van der Waals surface area contributed by atoms with Crippen molar-refractivity contribution in [3.05, 3.63) is 283 Å². The van der Waals surface area contributed by atoms with Gasteiger partial charge in [-0.15, -0.1) is 0 Å². The van der Waals surface area contributed by atoms with Crippen LogP contribution in [0.2, 0.25) is 0 Å². The van der Waals surface area contributed by atoms with Gasteiger partial charge in [-0.1, -0.05) is 289 Å². The van der Waals surface area contributed by atoms with Crippen LogP contribution in [0.15, 0.2) is 261 Å². The third kappa shape index (κ3) is 10.7. The predicted octanol–water partition coefficient (Wildman–Crippen LogP) is 19.0. The Bertz CT molecular complexity index is 4690. The Morgan fingerprint density at radius 1 is 0.311 bits per heavy atom. The molecule has 0 bridgehead atoms. The minimum absolute atomic E-state index is 0.0960. The van der Waals surface area contributed by atoms with Crippen LogP contribution in [0.4, 0.5) is 0 Å². The second kappa shape index (κ2) is 22.8. The number of phenols is 1. The largest absolute Gasteiger partial charge is 0.507 e. The minimum atomic E-state index is -3.25. The highest BCUT2D eigenvalue weighted by Gasteiger charge is 2.42. The van der Waals surface area contributed by atoms with Crippen LogP contribution in [-0.4, -0.2) is 32.3 Å². The van der Waals surface area contributed by atoms with Crippen LogP contribution in [0.3, 0.4) is 0 Å². The summed E-state index contributed by atoms with van der Waals surface area (Å²) in [5, 5.41) is 18.1. The lowest BCUT2D eigenvalue weighted by Gasteiger charge is -2.35. The molecule has 11 aromatic carbocycles. The van der Waals surface area contributed by atoms with E-state index in [1.165, 1.54) is 31.9 Å². The standard InChI is InChI=1S/C84H80N4OSi/c1-81(2,3)60-45-47-73(68(52-60)56-31-18-13-19-32-56)87-75-43-29-28-42-72(75)85-79(87)59-49-58(50-66(51-59)90(63-35-22-15-23-36-63,64-37-24-16-25-38-64)65-39-26-17-27-40-65)67-41-30-44-76-77(67)86-80(70-54-62(83(7,8)9)55-71(78(70)89)84(10,11)12)88(76)74-48-46-61(82(4,5)6)53-69(74)57-33-20-14-21-34-57/h13-55,89H,1-12H3. The maximum atomic E-state index is 13.1. The number of aromatic hydroxyl groups is 1. The summed E-state index contributed by atoms with van der Waals surface area (Å²) in [6.45, 7) is 27.0. The lowest BCUT2D eigenvalue weighted by Crippen LogP contribution is -2.74. The van der Waals surface area contributed by atoms with E-state index in [2.05, 4.69) is 353 Å². The first-order chi connectivity index (χ1) is 43.1. The van der Waals surface area contributed by atoms with Gasteiger partial charge >= 0.3 is 0 Å². The molecule has 5 nitrogen and oxygen atoms in total. The van der Waals surface area contributed by atoms with Crippen LogP contribution in [0, 0.1) is 0 Å². The van der Waals surface area contributed by atoms with Crippen molar-refractivity contribution < 1.29 is 5.11 Å². The van der Waals surface area contributed by atoms with Gasteiger partial charge in [0.25, 0.3) is 0 Å². The average Bonchev–Trinajstić information content (AvgIpc) is 1.28. The summed E-state index contributed by atoms with van der Waals surface area (Å²) in [6.07, 6.45) is 0. The molecule has 2 aromatic heterocycles. The minimum Gasteiger partial charge on any atom is -0.507 e. The molecule has 90 heavy (non-hydrogen) atoms. The molecule has 0 amide bonds. The predicted molar refractivity (Wildman–Crippen MR) is 383 cm³/mol. The van der Waals surface area contributed by atoms with Crippen molar-refractivity contribution in [3.8, 4) is 73.3 Å². The van der Waals surface area contributed by atoms with Crippen molar-refractivity contribution in [2.75, 3.05) is 0 Å². The molecule has 13 rings (SSSR count). The third-order valence-electron chi connectivity index (χ3n) is 18.2. The average molecular weight is 1190 g/mol. The molecule has 0 saturated carbocycles. The molecular weight excluding hydrogens is 1110 g/mol. The SMILES string of the molecule is CC(C)(C)c1ccc(-n2c(-c3cc(-c4cccc5c4nc(-c4cc(C(C)(C)C)cc(C(C)(C)C)c4O)n5-c4ccc(C(C)(C)C)cc4-c4ccccc4)cc([Si](c4ccccc4)(c4ccccc4)c4ccccc4)c3)nc3ccccc32)c(-c2ccccc2)c1. The number of hydrogen-bond donors (Lipinski definition) is 1. The number of hydrogen-bond acceptors (Lipinski definition) is 3. The van der Waals surface area contributed by atoms with Crippen LogP contribution in [0.1, 0.15) is 105 Å². The second-order valence-corrected chi connectivity index (χ2v) is 32.3. The Kier molecular flexibility index (Phi) is 15.0. The Balaban J connectivity index is 1.19. The molecule has 13 aromatic rings. The fourth-order valence-corrected chi connectivity index (χ4v) is 18.1. The van der Waals surface area contributed by atoms with Crippen LogP contribution in [-0.2, 0) is 21.7 Å². The van der Waals surface area contributed by atoms with E-state index in [1.54, 1.807) is 0 Å². The van der Waals surface area contributed by atoms with Crippen LogP contribution in [0.5, 0.6) is 5.75 Å². The van der Waals surface area contributed by atoms with Gasteiger partial charge in [-0.05, 0) is 130 Å². The van der Waals surface area contributed by atoms with Gasteiger partial charge in [0.05, 0.1) is 39.0 Å². The fourth-order valence-electron chi connectivity index (χ4n) is 13.3. The summed E-state index contributed by atoms with van der Waals surface area (Å²) in [4.78, 5) is 11.7. The summed E-state index contributed by atoms with van der Waals surface area (Å²) in [6, 6.07) is 96.0. The summed E-state index contributed by atoms with van der Waals surface area (Å²) >= 11 is 0. The lowest BCUT2D eigenvalue weighted by molar-refractivity contribution is 0.446. The van der Waals surface area contributed by atoms with Gasteiger partial charge in [0, 0.05) is 27.8 Å². The summed E-state index contributed by atoms with van der Waals surface area (Å²) in [7, 11) is -3.25. The summed E-state index contributed by atoms with van der Waals surface area (Å²) < 4.78 is 4.73. The second-order valence-electron chi connectivity index (χ2n) is 28.5. The highest BCUT2D eigenvalue weighted by Crippen LogP contribution is 2.47. The maximum absolute atomic E-state index is 13.1. The van der Waals surface area contributed by atoms with Gasteiger partial charge in [-0.25, -0.2) is 9.97 Å². The Morgan fingerprint density at radius 3 is 1.23 bits per heavy atom. The first kappa shape index (κ1) is 59.3. The van der Waals surface area contributed by atoms with Gasteiger partial charge in [-0.3, -0.25) is 9.13 Å². The van der Waals surface area contributed by atoms with E-state index < -0.39 is 8.07 Å². The van der Waals surface area contributed by atoms with Gasteiger partial charge < -0.3 is 5.11 Å². The van der Waals surface area contributed by atoms with Crippen molar-refractivity contribution >= 4 is 50.9 Å². The Labute approximate surface area is 533 Å². The van der Waals surface area contributed by atoms with Crippen LogP contribution in [0.25, 0.3) is 89.6 Å². The summed E-state index contributed by atoms with van der Waals surface area (Å²) in [5.41, 5.74) is 17.4. The number of benzene rings is 11. The topological polar surface area (TPSA) is 55.9 Å². The normalized spacial score (nSPS) is 12.5. The van der Waals surface area contributed by atoms with E-state index in [0.717, 1.165) is 89.3 Å². The molecule has 1 N–H and O–H groups in total. The molecule has 0 atom stereocenters. The molecule has 0 unspecified atom stereocenters. The molecule has 2 heterocycles. The third-order valence-corrected chi connectivity index (χ3v) is 23.0. The Hall–Kier alpha value is -9.62. The first-order valence-electron chi connectivity index (χ1n) is 31.7. The van der Waals surface area contributed by atoms with E-state index >= 15 is 0 Å². The van der Waals surface area contributed by atoms with Gasteiger partial charge in [-0.2, -0.15) is 0 Å². The number of fused-ring (bicyclic) bond motifs is 2. The molecule has 0 aliphatic heterocycles. The molecule has 0 radical (unpaired) electrons. The van der Waals surface area contributed by atoms with Gasteiger partial charge in [0.15, 0.2) is 8.07 Å². The van der Waals surface area contributed by atoms with E-state index in [1.807, 2.05) is 0 Å². The molecule has 0 spiro atoms. The zero-order valence-corrected chi connectivity index (χ0v) is 55.1. The molecule has 0 saturated heterocycles. The highest BCUT2D eigenvalue weighted by molar-refractivity contribution is 7.20. The molecule has 6 heteroatoms. The van der Waals surface area contributed by atoms with Crippen molar-refractivity contribution in [3.63, 3.8) is 0 Å². The van der Waals surface area contributed by atoms with Crippen molar-refractivity contribution in [2.45, 2.75) is 105 Å². The van der Waals surface area contributed by atoms with Crippen LogP contribution >= 0.6 is 0 Å². The fraction of sp³-hybridized carbons (Fsp3) is 0.190. The monoisotopic (exact) mass is 1190 g/mol. The molecular formula is C84H80N4OSi. The highest BCUT2D eigenvalue weighted by atomic mass is 28.3. The molecule has 0 aliphatic rings. The molecule has 446 valence electrons. The van der Waals surface area contributed by atoms with Crippen LogP contribution < -0.4 is 20.7 Å². The molecule has 0 fully saturated rings.